The Morgan fingerprint density at radius 1 is 1.00 bits per heavy atom. The Labute approximate surface area is 118 Å². The SMILES string of the molecule is Cc1[nH]c2ccccc2c1C(=O)CCc1ccccc1. The highest BCUT2D eigenvalue weighted by molar-refractivity contribution is 6.09. The van der Waals surface area contributed by atoms with Crippen LogP contribution in [0.4, 0.5) is 0 Å². The van der Waals surface area contributed by atoms with Crippen molar-refractivity contribution in [2.75, 3.05) is 0 Å². The molecule has 1 aromatic heterocycles. The molecule has 0 atom stereocenters. The number of carbonyl (C=O) groups excluding carboxylic acids is 1. The Morgan fingerprint density at radius 2 is 1.70 bits per heavy atom. The van der Waals surface area contributed by atoms with E-state index in [1.54, 1.807) is 0 Å². The van der Waals surface area contributed by atoms with Gasteiger partial charge >= 0.3 is 0 Å². The molecule has 1 heterocycles. The van der Waals surface area contributed by atoms with E-state index in [1.165, 1.54) is 5.56 Å². The van der Waals surface area contributed by atoms with Gasteiger partial charge in [0.25, 0.3) is 0 Å². The zero-order valence-corrected chi connectivity index (χ0v) is 11.5. The van der Waals surface area contributed by atoms with Crippen LogP contribution in [0.5, 0.6) is 0 Å². The number of hydrogen-bond donors (Lipinski definition) is 1. The fraction of sp³-hybridized carbons (Fsp3) is 0.167. The second-order valence-electron chi connectivity index (χ2n) is 5.08. The Bertz CT molecular complexity index is 740. The third-order valence-electron chi connectivity index (χ3n) is 3.66. The maximum atomic E-state index is 12.5. The minimum absolute atomic E-state index is 0.212. The molecule has 0 saturated carbocycles. The smallest absolute Gasteiger partial charge is 0.165 e. The third kappa shape index (κ3) is 2.37. The van der Waals surface area contributed by atoms with Crippen LogP contribution in [0.15, 0.2) is 54.6 Å². The highest BCUT2D eigenvalue weighted by Crippen LogP contribution is 2.23. The normalized spacial score (nSPS) is 10.8. The third-order valence-corrected chi connectivity index (χ3v) is 3.66. The maximum absolute atomic E-state index is 12.5. The van der Waals surface area contributed by atoms with Gasteiger partial charge in [0, 0.05) is 28.6 Å². The van der Waals surface area contributed by atoms with E-state index >= 15 is 0 Å². The number of H-pyrrole nitrogens is 1. The number of aromatic amines is 1. The van der Waals surface area contributed by atoms with Crippen molar-refractivity contribution in [1.29, 1.82) is 0 Å². The lowest BCUT2D eigenvalue weighted by atomic mass is 10.0. The van der Waals surface area contributed by atoms with Crippen LogP contribution in [0.25, 0.3) is 10.9 Å². The van der Waals surface area contributed by atoms with E-state index in [0.717, 1.165) is 28.6 Å². The molecule has 2 aromatic carbocycles. The molecule has 100 valence electrons. The Balaban J connectivity index is 1.84. The van der Waals surface area contributed by atoms with Gasteiger partial charge < -0.3 is 4.98 Å². The van der Waals surface area contributed by atoms with Crippen molar-refractivity contribution in [2.24, 2.45) is 0 Å². The van der Waals surface area contributed by atoms with E-state index in [2.05, 4.69) is 17.1 Å². The summed E-state index contributed by atoms with van der Waals surface area (Å²) in [5.74, 6) is 0.212. The first-order valence-electron chi connectivity index (χ1n) is 6.90. The molecule has 2 heteroatoms. The molecule has 0 aliphatic heterocycles. The lowest BCUT2D eigenvalue weighted by Crippen LogP contribution is -2.02. The summed E-state index contributed by atoms with van der Waals surface area (Å²) in [4.78, 5) is 15.8. The van der Waals surface area contributed by atoms with Gasteiger partial charge in [0.05, 0.1) is 0 Å². The lowest BCUT2D eigenvalue weighted by Gasteiger charge is -2.02. The molecule has 3 rings (SSSR count). The molecule has 20 heavy (non-hydrogen) atoms. The standard InChI is InChI=1S/C18H17NO/c1-13-18(15-9-5-6-10-16(15)19-13)17(20)12-11-14-7-3-2-4-8-14/h2-10,19H,11-12H2,1H3. The second kappa shape index (κ2) is 5.33. The van der Waals surface area contributed by atoms with E-state index in [4.69, 9.17) is 0 Å². The fourth-order valence-electron chi connectivity index (χ4n) is 2.66. The highest BCUT2D eigenvalue weighted by atomic mass is 16.1. The van der Waals surface area contributed by atoms with E-state index in [-0.39, 0.29) is 5.78 Å². The number of fused-ring (bicyclic) bond motifs is 1. The quantitative estimate of drug-likeness (QED) is 0.700. The highest BCUT2D eigenvalue weighted by Gasteiger charge is 2.15. The number of para-hydroxylation sites is 1. The molecule has 0 saturated heterocycles. The molecule has 2 nitrogen and oxygen atoms in total. The number of rotatable bonds is 4. The van der Waals surface area contributed by atoms with Crippen molar-refractivity contribution >= 4 is 16.7 Å². The van der Waals surface area contributed by atoms with Gasteiger partial charge in [-0.25, -0.2) is 0 Å². The number of benzene rings is 2. The van der Waals surface area contributed by atoms with Crippen LogP contribution in [0.1, 0.15) is 28.0 Å². The average Bonchev–Trinajstić information content (AvgIpc) is 2.82. The largest absolute Gasteiger partial charge is 0.358 e. The predicted molar refractivity (Wildman–Crippen MR) is 82.1 cm³/mol. The maximum Gasteiger partial charge on any atom is 0.165 e. The molecule has 0 unspecified atom stereocenters. The first kappa shape index (κ1) is 12.7. The van der Waals surface area contributed by atoms with Crippen molar-refractivity contribution in [3.05, 3.63) is 71.4 Å². The molecule has 0 amide bonds. The monoisotopic (exact) mass is 263 g/mol. The van der Waals surface area contributed by atoms with Crippen LogP contribution in [0.2, 0.25) is 0 Å². The van der Waals surface area contributed by atoms with Crippen LogP contribution in [-0.2, 0) is 6.42 Å². The van der Waals surface area contributed by atoms with Gasteiger partial charge in [0.1, 0.15) is 0 Å². The number of hydrogen-bond acceptors (Lipinski definition) is 1. The zero-order chi connectivity index (χ0) is 13.9. The summed E-state index contributed by atoms with van der Waals surface area (Å²) in [6.07, 6.45) is 1.34. The number of aromatic nitrogens is 1. The van der Waals surface area contributed by atoms with Crippen LogP contribution in [0, 0.1) is 6.92 Å². The number of nitrogens with one attached hydrogen (secondary N) is 1. The average molecular weight is 263 g/mol. The minimum Gasteiger partial charge on any atom is -0.358 e. The lowest BCUT2D eigenvalue weighted by molar-refractivity contribution is 0.0984. The van der Waals surface area contributed by atoms with Crippen LogP contribution >= 0.6 is 0 Å². The molecule has 0 bridgehead atoms. The van der Waals surface area contributed by atoms with E-state index in [0.29, 0.717) is 6.42 Å². The van der Waals surface area contributed by atoms with Gasteiger partial charge in [-0.05, 0) is 25.0 Å². The first-order chi connectivity index (χ1) is 9.75. The topological polar surface area (TPSA) is 32.9 Å². The fourth-order valence-corrected chi connectivity index (χ4v) is 2.66. The number of ketones is 1. The molecule has 3 aromatic rings. The van der Waals surface area contributed by atoms with Gasteiger partial charge in [-0.15, -0.1) is 0 Å². The summed E-state index contributed by atoms with van der Waals surface area (Å²) < 4.78 is 0. The second-order valence-corrected chi connectivity index (χ2v) is 5.08. The molecule has 0 aliphatic carbocycles. The van der Waals surface area contributed by atoms with Gasteiger partial charge in [0.15, 0.2) is 5.78 Å². The molecule has 1 N–H and O–H groups in total. The molecule has 0 radical (unpaired) electrons. The summed E-state index contributed by atoms with van der Waals surface area (Å²) in [5.41, 5.74) is 4.05. The summed E-state index contributed by atoms with van der Waals surface area (Å²) in [6.45, 7) is 1.97. The van der Waals surface area contributed by atoms with Gasteiger partial charge in [0.2, 0.25) is 0 Å². The van der Waals surface area contributed by atoms with Crippen LogP contribution < -0.4 is 0 Å². The van der Waals surface area contributed by atoms with Crippen LogP contribution in [0.3, 0.4) is 0 Å². The van der Waals surface area contributed by atoms with E-state index in [9.17, 15) is 4.79 Å². The molecule has 0 aliphatic rings. The predicted octanol–water partition coefficient (Wildman–Crippen LogP) is 4.29. The number of aryl methyl sites for hydroxylation is 2. The summed E-state index contributed by atoms with van der Waals surface area (Å²) >= 11 is 0. The summed E-state index contributed by atoms with van der Waals surface area (Å²) in [5, 5.41) is 1.03. The Kier molecular flexibility index (Phi) is 3.38. The van der Waals surface area contributed by atoms with Crippen molar-refractivity contribution < 1.29 is 4.79 Å². The van der Waals surface area contributed by atoms with Gasteiger partial charge in [-0.1, -0.05) is 48.5 Å². The Morgan fingerprint density at radius 3 is 2.50 bits per heavy atom. The first-order valence-corrected chi connectivity index (χ1v) is 6.90. The minimum atomic E-state index is 0.212. The van der Waals surface area contributed by atoms with E-state index < -0.39 is 0 Å². The van der Waals surface area contributed by atoms with Crippen molar-refractivity contribution in [2.45, 2.75) is 19.8 Å². The molecular formula is C18H17NO. The van der Waals surface area contributed by atoms with Crippen molar-refractivity contribution in [1.82, 2.24) is 4.98 Å². The van der Waals surface area contributed by atoms with E-state index in [1.807, 2.05) is 49.4 Å². The summed E-state index contributed by atoms with van der Waals surface area (Å²) in [6, 6.07) is 18.1. The molecular weight excluding hydrogens is 246 g/mol. The van der Waals surface area contributed by atoms with Gasteiger partial charge in [-0.2, -0.15) is 0 Å². The molecule has 0 fully saturated rings. The number of carbonyl (C=O) groups is 1. The van der Waals surface area contributed by atoms with Crippen LogP contribution in [-0.4, -0.2) is 10.8 Å². The Hall–Kier alpha value is -2.35. The van der Waals surface area contributed by atoms with Crippen molar-refractivity contribution in [3.8, 4) is 0 Å². The van der Waals surface area contributed by atoms with Gasteiger partial charge in [-0.3, -0.25) is 4.79 Å². The number of Topliss-reactive ketones (excluding diaryl/α,β-unsaturated/α-hetero) is 1. The summed E-state index contributed by atoms with van der Waals surface area (Å²) in [7, 11) is 0. The zero-order valence-electron chi connectivity index (χ0n) is 11.5. The molecule has 0 spiro atoms. The van der Waals surface area contributed by atoms with Crippen molar-refractivity contribution in [3.63, 3.8) is 0 Å².